The molecule has 8 heteroatoms. The highest BCUT2D eigenvalue weighted by molar-refractivity contribution is 7.80. The van der Waals surface area contributed by atoms with Gasteiger partial charge < -0.3 is 10.1 Å². The SMILES string of the molecule is COc1ccc(CNC(=S)NNC(=O)Cc2csc(C)n2)cc1. The number of aromatic nitrogens is 1. The van der Waals surface area contributed by atoms with Crippen LogP contribution in [0.15, 0.2) is 29.6 Å². The summed E-state index contributed by atoms with van der Waals surface area (Å²) in [4.78, 5) is 16.0. The first-order valence-corrected chi connectivity index (χ1v) is 8.22. The lowest BCUT2D eigenvalue weighted by molar-refractivity contribution is -0.121. The van der Waals surface area contributed by atoms with Crippen LogP contribution < -0.4 is 20.9 Å². The van der Waals surface area contributed by atoms with Gasteiger partial charge in [0.1, 0.15) is 5.75 Å². The number of thiocarbonyl (C=S) groups is 1. The van der Waals surface area contributed by atoms with Gasteiger partial charge in [0.05, 0.1) is 24.2 Å². The number of rotatable bonds is 5. The zero-order valence-corrected chi connectivity index (χ0v) is 14.5. The topological polar surface area (TPSA) is 75.3 Å². The van der Waals surface area contributed by atoms with Gasteiger partial charge in [0, 0.05) is 11.9 Å². The van der Waals surface area contributed by atoms with Gasteiger partial charge in [-0.1, -0.05) is 12.1 Å². The Morgan fingerprint density at radius 3 is 2.65 bits per heavy atom. The van der Waals surface area contributed by atoms with Crippen LogP contribution in [0.3, 0.4) is 0 Å². The summed E-state index contributed by atoms with van der Waals surface area (Å²) in [5, 5.41) is 6.17. The van der Waals surface area contributed by atoms with E-state index in [2.05, 4.69) is 21.2 Å². The van der Waals surface area contributed by atoms with E-state index >= 15 is 0 Å². The summed E-state index contributed by atoms with van der Waals surface area (Å²) in [7, 11) is 1.63. The maximum absolute atomic E-state index is 11.8. The van der Waals surface area contributed by atoms with Crippen LogP contribution in [-0.4, -0.2) is 23.1 Å². The summed E-state index contributed by atoms with van der Waals surface area (Å²) in [6.45, 7) is 2.46. The van der Waals surface area contributed by atoms with Gasteiger partial charge in [0.15, 0.2) is 5.11 Å². The molecule has 0 aliphatic carbocycles. The predicted molar refractivity (Wildman–Crippen MR) is 94.3 cm³/mol. The standard InChI is InChI=1S/C15H18N4O2S2/c1-10-17-12(9-23-10)7-14(20)18-19-15(22)16-8-11-3-5-13(21-2)6-4-11/h3-6,9H,7-8H2,1-2H3,(H,18,20)(H2,16,19,22). The molecule has 6 nitrogen and oxygen atoms in total. The quantitative estimate of drug-likeness (QED) is 0.563. The Bertz CT molecular complexity index is 670. The van der Waals surface area contributed by atoms with Crippen molar-refractivity contribution in [3.63, 3.8) is 0 Å². The Balaban J connectivity index is 1.68. The van der Waals surface area contributed by atoms with Crippen molar-refractivity contribution in [2.24, 2.45) is 0 Å². The third kappa shape index (κ3) is 5.84. The lowest BCUT2D eigenvalue weighted by Gasteiger charge is -2.11. The number of aryl methyl sites for hydroxylation is 1. The summed E-state index contributed by atoms with van der Waals surface area (Å²) in [6.07, 6.45) is 0.221. The van der Waals surface area contributed by atoms with Crippen molar-refractivity contribution in [1.29, 1.82) is 0 Å². The minimum Gasteiger partial charge on any atom is -0.497 e. The Morgan fingerprint density at radius 2 is 2.04 bits per heavy atom. The fourth-order valence-electron chi connectivity index (χ4n) is 1.79. The van der Waals surface area contributed by atoms with Crippen LogP contribution in [0.5, 0.6) is 5.75 Å². The molecule has 0 aliphatic rings. The van der Waals surface area contributed by atoms with E-state index in [1.54, 1.807) is 7.11 Å². The van der Waals surface area contributed by atoms with E-state index in [0.29, 0.717) is 11.7 Å². The highest BCUT2D eigenvalue weighted by Crippen LogP contribution is 2.11. The number of nitrogens with one attached hydrogen (secondary N) is 3. The lowest BCUT2D eigenvalue weighted by atomic mass is 10.2. The number of methoxy groups -OCH3 is 1. The average Bonchev–Trinajstić information content (AvgIpc) is 2.96. The van der Waals surface area contributed by atoms with E-state index < -0.39 is 0 Å². The van der Waals surface area contributed by atoms with Crippen LogP contribution in [0.2, 0.25) is 0 Å². The Hall–Kier alpha value is -2.19. The molecule has 1 amide bonds. The molecule has 122 valence electrons. The minimum atomic E-state index is -0.191. The molecule has 0 fully saturated rings. The highest BCUT2D eigenvalue weighted by atomic mass is 32.1. The fourth-order valence-corrected chi connectivity index (χ4v) is 2.53. The monoisotopic (exact) mass is 350 g/mol. The average molecular weight is 350 g/mol. The van der Waals surface area contributed by atoms with E-state index in [4.69, 9.17) is 17.0 Å². The molecule has 0 spiro atoms. The zero-order chi connectivity index (χ0) is 16.7. The van der Waals surface area contributed by atoms with Gasteiger partial charge in [-0.3, -0.25) is 15.6 Å². The van der Waals surface area contributed by atoms with Crippen molar-refractivity contribution >= 4 is 34.6 Å². The van der Waals surface area contributed by atoms with Crippen molar-refractivity contribution < 1.29 is 9.53 Å². The van der Waals surface area contributed by atoms with Crippen molar-refractivity contribution in [2.45, 2.75) is 19.9 Å². The van der Waals surface area contributed by atoms with Crippen molar-refractivity contribution in [3.05, 3.63) is 45.9 Å². The lowest BCUT2D eigenvalue weighted by Crippen LogP contribution is -2.47. The molecule has 1 heterocycles. The third-order valence-electron chi connectivity index (χ3n) is 2.94. The number of amides is 1. The number of hydrazine groups is 1. The second-order valence-electron chi connectivity index (χ2n) is 4.74. The van der Waals surface area contributed by atoms with Crippen LogP contribution in [0.1, 0.15) is 16.3 Å². The molecule has 23 heavy (non-hydrogen) atoms. The van der Waals surface area contributed by atoms with Crippen LogP contribution in [-0.2, 0) is 17.8 Å². The predicted octanol–water partition coefficient (Wildman–Crippen LogP) is 1.70. The summed E-state index contributed by atoms with van der Waals surface area (Å²) in [6, 6.07) is 7.64. The molecule has 0 saturated heterocycles. The Kier molecular flexibility index (Phi) is 6.30. The molecular weight excluding hydrogens is 332 g/mol. The van der Waals surface area contributed by atoms with Crippen molar-refractivity contribution in [1.82, 2.24) is 21.2 Å². The number of benzene rings is 1. The normalized spacial score (nSPS) is 10.0. The van der Waals surface area contributed by atoms with Crippen molar-refractivity contribution in [3.8, 4) is 5.75 Å². The molecule has 2 aromatic rings. The molecule has 0 radical (unpaired) electrons. The number of hydrogen-bond acceptors (Lipinski definition) is 5. The number of thiazole rings is 1. The van der Waals surface area contributed by atoms with E-state index in [1.165, 1.54) is 11.3 Å². The van der Waals surface area contributed by atoms with Gasteiger partial charge >= 0.3 is 0 Å². The number of carbonyl (C=O) groups is 1. The van der Waals surface area contributed by atoms with Gasteiger partial charge in [0.2, 0.25) is 5.91 Å². The molecule has 0 aliphatic heterocycles. The molecule has 0 saturated carbocycles. The summed E-state index contributed by atoms with van der Waals surface area (Å²) in [5.74, 6) is 0.614. The third-order valence-corrected chi connectivity index (χ3v) is 4.00. The highest BCUT2D eigenvalue weighted by Gasteiger charge is 2.06. The Labute approximate surface area is 144 Å². The molecule has 0 unspecified atom stereocenters. The van der Waals surface area contributed by atoms with Crippen LogP contribution in [0.4, 0.5) is 0 Å². The van der Waals surface area contributed by atoms with E-state index in [0.717, 1.165) is 22.0 Å². The van der Waals surface area contributed by atoms with Gasteiger partial charge in [-0.15, -0.1) is 11.3 Å². The van der Waals surface area contributed by atoms with Crippen LogP contribution in [0.25, 0.3) is 0 Å². The summed E-state index contributed by atoms with van der Waals surface area (Å²) < 4.78 is 5.10. The first kappa shape index (κ1) is 17.2. The second-order valence-corrected chi connectivity index (χ2v) is 6.21. The minimum absolute atomic E-state index is 0.191. The fraction of sp³-hybridized carbons (Fsp3) is 0.267. The molecule has 1 aromatic heterocycles. The summed E-state index contributed by atoms with van der Waals surface area (Å²) in [5.41, 5.74) is 7.03. The van der Waals surface area contributed by atoms with Gasteiger partial charge in [-0.05, 0) is 36.8 Å². The maximum Gasteiger partial charge on any atom is 0.244 e. The zero-order valence-electron chi connectivity index (χ0n) is 12.9. The first-order chi connectivity index (χ1) is 11.1. The van der Waals surface area contributed by atoms with Gasteiger partial charge in [-0.2, -0.15) is 0 Å². The molecule has 0 atom stereocenters. The van der Waals surface area contributed by atoms with E-state index in [1.807, 2.05) is 36.6 Å². The molecular formula is C15H18N4O2S2. The van der Waals surface area contributed by atoms with E-state index in [-0.39, 0.29) is 12.3 Å². The number of ether oxygens (including phenoxy) is 1. The number of nitrogens with zero attached hydrogens (tertiary/aromatic N) is 1. The largest absolute Gasteiger partial charge is 0.497 e. The molecule has 3 N–H and O–H groups in total. The van der Waals surface area contributed by atoms with Crippen LogP contribution in [0, 0.1) is 6.92 Å². The molecule has 1 aromatic carbocycles. The van der Waals surface area contributed by atoms with Crippen molar-refractivity contribution in [2.75, 3.05) is 7.11 Å². The first-order valence-electron chi connectivity index (χ1n) is 6.93. The molecule has 0 bridgehead atoms. The second kappa shape index (κ2) is 8.44. The summed E-state index contributed by atoms with van der Waals surface area (Å²) >= 11 is 6.63. The molecule has 2 rings (SSSR count). The van der Waals surface area contributed by atoms with Gasteiger partial charge in [-0.25, -0.2) is 4.98 Å². The van der Waals surface area contributed by atoms with Gasteiger partial charge in [0.25, 0.3) is 0 Å². The van der Waals surface area contributed by atoms with E-state index in [9.17, 15) is 4.79 Å². The van der Waals surface area contributed by atoms with Crippen LogP contribution >= 0.6 is 23.6 Å². The number of carbonyl (C=O) groups excluding carboxylic acids is 1. The maximum atomic E-state index is 11.8. The number of hydrogen-bond donors (Lipinski definition) is 3. The smallest absolute Gasteiger partial charge is 0.244 e. The Morgan fingerprint density at radius 1 is 1.30 bits per heavy atom.